The van der Waals surface area contributed by atoms with Crippen molar-refractivity contribution in [1.82, 2.24) is 9.78 Å². The number of carbonyl (C=O) groups excluding carboxylic acids is 1. The topological polar surface area (TPSA) is 46.9 Å². The molecule has 1 heterocycles. The molecule has 26 heavy (non-hydrogen) atoms. The van der Waals surface area contributed by atoms with E-state index in [4.69, 9.17) is 11.6 Å². The molecule has 0 aliphatic carbocycles. The van der Waals surface area contributed by atoms with E-state index in [0.717, 1.165) is 24.7 Å². The van der Waals surface area contributed by atoms with Crippen molar-refractivity contribution in [1.29, 1.82) is 0 Å². The number of para-hydroxylation sites is 1. The van der Waals surface area contributed by atoms with Crippen LogP contribution in [0.4, 0.5) is 5.69 Å². The second-order valence-electron chi connectivity index (χ2n) is 5.68. The van der Waals surface area contributed by atoms with E-state index >= 15 is 0 Å². The Hall–Kier alpha value is -1.51. The zero-order valence-corrected chi connectivity index (χ0v) is 17.8. The predicted molar refractivity (Wildman–Crippen MR) is 115 cm³/mol. The number of aromatic nitrogens is 2. The van der Waals surface area contributed by atoms with Gasteiger partial charge in [-0.25, -0.2) is 0 Å². The van der Waals surface area contributed by atoms with Crippen molar-refractivity contribution in [3.63, 3.8) is 0 Å². The number of nitrogens with one attached hydrogen (secondary N) is 1. The van der Waals surface area contributed by atoms with Crippen LogP contribution in [0.1, 0.15) is 12.1 Å². The third-order valence-electron chi connectivity index (χ3n) is 3.66. The van der Waals surface area contributed by atoms with Crippen LogP contribution in [-0.4, -0.2) is 15.7 Å². The Balaban J connectivity index is 1.63. The lowest BCUT2D eigenvalue weighted by atomic mass is 10.3. The molecular weight excluding hydrogens is 481 g/mol. The molecule has 3 rings (SSSR count). The predicted octanol–water partition coefficient (Wildman–Crippen LogP) is 5.63. The van der Waals surface area contributed by atoms with Gasteiger partial charge in [0, 0.05) is 34.0 Å². The van der Waals surface area contributed by atoms with E-state index in [1.54, 1.807) is 11.8 Å². The summed E-state index contributed by atoms with van der Waals surface area (Å²) in [7, 11) is 0. The van der Waals surface area contributed by atoms with E-state index in [1.807, 2.05) is 66.3 Å². The average molecular weight is 498 g/mol. The molecule has 0 aliphatic heterocycles. The second-order valence-corrected chi connectivity index (χ2v) is 8.39. The summed E-state index contributed by atoms with van der Waals surface area (Å²) in [6.45, 7) is 2.52. The van der Waals surface area contributed by atoms with Crippen LogP contribution < -0.4 is 5.32 Å². The number of anilines is 1. The lowest BCUT2D eigenvalue weighted by Crippen LogP contribution is -2.15. The highest BCUT2D eigenvalue weighted by Crippen LogP contribution is 2.33. The largest absolute Gasteiger partial charge is 0.325 e. The quantitative estimate of drug-likeness (QED) is 0.449. The summed E-state index contributed by atoms with van der Waals surface area (Å²) in [4.78, 5) is 14.4. The van der Waals surface area contributed by atoms with Gasteiger partial charge in [0.05, 0.1) is 15.0 Å². The Bertz CT molecular complexity index is 892. The van der Waals surface area contributed by atoms with Gasteiger partial charge in [-0.2, -0.15) is 5.10 Å². The molecule has 0 unspecified atom stereocenters. The number of carbonyl (C=O) groups is 1. The van der Waals surface area contributed by atoms with Gasteiger partial charge in [-0.1, -0.05) is 35.5 Å². The molecule has 1 aromatic heterocycles. The minimum atomic E-state index is -0.0303. The molecule has 0 fully saturated rings. The summed E-state index contributed by atoms with van der Waals surface area (Å²) >= 11 is 9.77. The van der Waals surface area contributed by atoms with Crippen molar-refractivity contribution in [2.75, 3.05) is 5.32 Å². The Morgan fingerprint density at radius 2 is 1.96 bits per heavy atom. The summed E-state index contributed by atoms with van der Waals surface area (Å²) in [5.41, 5.74) is 1.79. The summed E-state index contributed by atoms with van der Waals surface area (Å²) in [5.74, 6) is -0.0303. The van der Waals surface area contributed by atoms with Crippen LogP contribution >= 0.6 is 46.0 Å². The van der Waals surface area contributed by atoms with Crippen LogP contribution in [0.25, 0.3) is 0 Å². The monoisotopic (exact) mass is 497 g/mol. The van der Waals surface area contributed by atoms with Gasteiger partial charge >= 0.3 is 0 Å². The molecule has 0 saturated carbocycles. The van der Waals surface area contributed by atoms with Crippen molar-refractivity contribution in [3.05, 3.63) is 69.0 Å². The number of amides is 1. The minimum absolute atomic E-state index is 0.0303. The lowest BCUT2D eigenvalue weighted by Gasteiger charge is -2.11. The number of halogens is 2. The van der Waals surface area contributed by atoms with Gasteiger partial charge in [-0.05, 0) is 65.9 Å². The molecular formula is C19H17ClIN3OS. The molecule has 2 aromatic carbocycles. The Morgan fingerprint density at radius 1 is 1.23 bits per heavy atom. The van der Waals surface area contributed by atoms with E-state index in [0.29, 0.717) is 18.0 Å². The van der Waals surface area contributed by atoms with Crippen LogP contribution in [0.2, 0.25) is 5.02 Å². The smallest absolute Gasteiger partial charge is 0.226 e. The highest BCUT2D eigenvalue weighted by atomic mass is 127. The number of aryl methyl sites for hydroxylation is 2. The molecule has 7 heteroatoms. The zero-order valence-electron chi connectivity index (χ0n) is 14.1. The maximum atomic E-state index is 12.3. The van der Waals surface area contributed by atoms with Gasteiger partial charge in [0.1, 0.15) is 0 Å². The van der Waals surface area contributed by atoms with E-state index in [9.17, 15) is 4.79 Å². The summed E-state index contributed by atoms with van der Waals surface area (Å²) in [6, 6.07) is 15.4. The molecule has 4 nitrogen and oxygen atoms in total. The van der Waals surface area contributed by atoms with E-state index < -0.39 is 0 Å². The van der Waals surface area contributed by atoms with Crippen LogP contribution in [0.3, 0.4) is 0 Å². The summed E-state index contributed by atoms with van der Waals surface area (Å²) in [6.07, 6.45) is 2.32. The van der Waals surface area contributed by atoms with Crippen LogP contribution in [0, 0.1) is 10.5 Å². The molecule has 134 valence electrons. The third kappa shape index (κ3) is 5.25. The number of nitrogens with zero attached hydrogens (tertiary/aromatic N) is 2. The van der Waals surface area contributed by atoms with Gasteiger partial charge in [0.25, 0.3) is 0 Å². The Morgan fingerprint density at radius 3 is 2.65 bits per heavy atom. The standard InChI is InChI=1S/C19H17ClIN3OS/c1-13-16(21)12-24(23-13)11-10-19(25)22-17-4-2-3-5-18(17)26-15-8-6-14(20)7-9-15/h2-9,12H,10-11H2,1H3,(H,22,25). The van der Waals surface area contributed by atoms with Gasteiger partial charge in [-0.15, -0.1) is 0 Å². The SMILES string of the molecule is Cc1nn(CCC(=O)Nc2ccccc2Sc2ccc(Cl)cc2)cc1I. The van der Waals surface area contributed by atoms with Gasteiger partial charge < -0.3 is 5.32 Å². The van der Waals surface area contributed by atoms with Gasteiger partial charge in [0.15, 0.2) is 0 Å². The summed E-state index contributed by atoms with van der Waals surface area (Å²) in [5, 5.41) is 8.10. The molecule has 0 spiro atoms. The molecule has 0 atom stereocenters. The van der Waals surface area contributed by atoms with Crippen LogP contribution in [0.15, 0.2) is 64.5 Å². The fraction of sp³-hybridized carbons (Fsp3) is 0.158. The number of rotatable bonds is 6. The van der Waals surface area contributed by atoms with E-state index in [-0.39, 0.29) is 5.91 Å². The molecule has 0 aliphatic rings. The second kappa shape index (κ2) is 8.92. The van der Waals surface area contributed by atoms with Crippen molar-refractivity contribution in [2.24, 2.45) is 0 Å². The van der Waals surface area contributed by atoms with Crippen molar-refractivity contribution >= 4 is 57.5 Å². The first-order chi connectivity index (χ1) is 12.5. The summed E-state index contributed by atoms with van der Waals surface area (Å²) < 4.78 is 2.91. The molecule has 0 saturated heterocycles. The van der Waals surface area contributed by atoms with E-state index in [1.165, 1.54) is 0 Å². The fourth-order valence-corrected chi connectivity index (χ4v) is 3.78. The molecule has 0 bridgehead atoms. The van der Waals surface area contributed by atoms with Gasteiger partial charge in [-0.3, -0.25) is 9.48 Å². The van der Waals surface area contributed by atoms with Crippen molar-refractivity contribution in [3.8, 4) is 0 Å². The first-order valence-electron chi connectivity index (χ1n) is 8.03. The van der Waals surface area contributed by atoms with Crippen molar-refractivity contribution in [2.45, 2.75) is 29.7 Å². The van der Waals surface area contributed by atoms with E-state index in [2.05, 4.69) is 33.0 Å². The number of hydrogen-bond acceptors (Lipinski definition) is 3. The Kier molecular flexibility index (Phi) is 6.61. The molecule has 1 amide bonds. The molecule has 3 aromatic rings. The highest BCUT2D eigenvalue weighted by Gasteiger charge is 2.09. The third-order valence-corrected chi connectivity index (χ3v) is 6.05. The van der Waals surface area contributed by atoms with Gasteiger partial charge in [0.2, 0.25) is 5.91 Å². The lowest BCUT2D eigenvalue weighted by molar-refractivity contribution is -0.116. The van der Waals surface area contributed by atoms with Crippen LogP contribution in [-0.2, 0) is 11.3 Å². The normalized spacial score (nSPS) is 10.7. The number of benzene rings is 2. The molecule has 1 N–H and O–H groups in total. The number of hydrogen-bond donors (Lipinski definition) is 1. The maximum absolute atomic E-state index is 12.3. The minimum Gasteiger partial charge on any atom is -0.325 e. The zero-order chi connectivity index (χ0) is 18.5. The Labute approximate surface area is 175 Å². The van der Waals surface area contributed by atoms with Crippen molar-refractivity contribution < 1.29 is 4.79 Å². The highest BCUT2D eigenvalue weighted by molar-refractivity contribution is 14.1. The average Bonchev–Trinajstić information content (AvgIpc) is 2.95. The van der Waals surface area contributed by atoms with Crippen LogP contribution in [0.5, 0.6) is 0 Å². The maximum Gasteiger partial charge on any atom is 0.226 e. The first kappa shape index (κ1) is 19.3. The molecule has 0 radical (unpaired) electrons. The first-order valence-corrected chi connectivity index (χ1v) is 10.3. The fourth-order valence-electron chi connectivity index (χ4n) is 2.33.